The minimum atomic E-state index is -0.179. The van der Waals surface area contributed by atoms with E-state index >= 15 is 0 Å². The van der Waals surface area contributed by atoms with Crippen LogP contribution in [-0.2, 0) is 17.8 Å². The maximum absolute atomic E-state index is 12.7. The molecule has 1 saturated carbocycles. The summed E-state index contributed by atoms with van der Waals surface area (Å²) in [5.41, 5.74) is 1.08. The summed E-state index contributed by atoms with van der Waals surface area (Å²) < 4.78 is 2.04. The molecule has 0 spiro atoms. The topological polar surface area (TPSA) is 93.0 Å². The molecular formula is C18H22N6O2. The van der Waals surface area contributed by atoms with Crippen LogP contribution in [0.3, 0.4) is 0 Å². The molecule has 1 N–H and O–H groups in total. The van der Waals surface area contributed by atoms with Crippen molar-refractivity contribution in [2.24, 2.45) is 0 Å². The number of imidazole rings is 1. The molecule has 1 atom stereocenters. The van der Waals surface area contributed by atoms with Crippen molar-refractivity contribution in [2.75, 3.05) is 6.54 Å². The highest BCUT2D eigenvalue weighted by Crippen LogP contribution is 2.26. The molecule has 0 bridgehead atoms. The lowest BCUT2D eigenvalue weighted by Crippen LogP contribution is -2.41. The Morgan fingerprint density at radius 1 is 1.27 bits per heavy atom. The van der Waals surface area contributed by atoms with E-state index in [-0.39, 0.29) is 24.3 Å². The molecule has 2 aromatic rings. The fourth-order valence-electron chi connectivity index (χ4n) is 3.46. The predicted molar refractivity (Wildman–Crippen MR) is 93.2 cm³/mol. The molecule has 1 aliphatic carbocycles. The molecule has 1 aliphatic heterocycles. The number of rotatable bonds is 4. The van der Waals surface area contributed by atoms with Crippen molar-refractivity contribution in [1.29, 1.82) is 0 Å². The molecule has 2 aromatic heterocycles. The van der Waals surface area contributed by atoms with Gasteiger partial charge in [0, 0.05) is 37.7 Å². The first-order valence-corrected chi connectivity index (χ1v) is 9.04. The van der Waals surface area contributed by atoms with Gasteiger partial charge in [-0.25, -0.2) is 9.97 Å². The Morgan fingerprint density at radius 2 is 2.12 bits per heavy atom. The van der Waals surface area contributed by atoms with E-state index in [2.05, 4.69) is 20.3 Å². The minimum Gasteiger partial charge on any atom is -0.353 e. The third kappa shape index (κ3) is 3.18. The van der Waals surface area contributed by atoms with Gasteiger partial charge in [0.15, 0.2) is 0 Å². The molecule has 0 unspecified atom stereocenters. The van der Waals surface area contributed by atoms with Gasteiger partial charge in [0.1, 0.15) is 11.5 Å². The van der Waals surface area contributed by atoms with Gasteiger partial charge in [0.2, 0.25) is 5.91 Å². The summed E-state index contributed by atoms with van der Waals surface area (Å²) in [5.74, 6) is 0.675. The van der Waals surface area contributed by atoms with Gasteiger partial charge in [-0.3, -0.25) is 14.6 Å². The molecular weight excluding hydrogens is 332 g/mol. The van der Waals surface area contributed by atoms with Gasteiger partial charge in [-0.2, -0.15) is 0 Å². The summed E-state index contributed by atoms with van der Waals surface area (Å²) >= 11 is 0. The molecule has 4 rings (SSSR count). The maximum Gasteiger partial charge on any atom is 0.274 e. The number of hydrogen-bond donors (Lipinski definition) is 1. The van der Waals surface area contributed by atoms with Crippen LogP contribution in [-0.4, -0.2) is 48.8 Å². The summed E-state index contributed by atoms with van der Waals surface area (Å²) in [4.78, 5) is 39.3. The SMILES string of the molecule is C[C@@H]1c2nc(CC(=O)NC3CCC3)cn2CCN1C(=O)c1cnccn1. The Labute approximate surface area is 151 Å². The zero-order valence-electron chi connectivity index (χ0n) is 14.8. The van der Waals surface area contributed by atoms with Gasteiger partial charge in [-0.05, 0) is 26.2 Å². The van der Waals surface area contributed by atoms with Crippen LogP contribution < -0.4 is 5.32 Å². The van der Waals surface area contributed by atoms with Crippen molar-refractivity contribution in [1.82, 2.24) is 29.7 Å². The van der Waals surface area contributed by atoms with Crippen LogP contribution in [0.2, 0.25) is 0 Å². The molecule has 0 radical (unpaired) electrons. The predicted octanol–water partition coefficient (Wildman–Crippen LogP) is 1.10. The summed E-state index contributed by atoms with van der Waals surface area (Å²) in [6.07, 6.45) is 10.1. The normalized spacial score (nSPS) is 19.6. The Kier molecular flexibility index (Phi) is 4.40. The Balaban J connectivity index is 1.46. The summed E-state index contributed by atoms with van der Waals surface area (Å²) in [6, 6.07) is 0.153. The fraction of sp³-hybridized carbons (Fsp3) is 0.500. The van der Waals surface area contributed by atoms with Gasteiger partial charge in [-0.1, -0.05) is 0 Å². The van der Waals surface area contributed by atoms with Crippen LogP contribution >= 0.6 is 0 Å². The number of nitrogens with zero attached hydrogens (tertiary/aromatic N) is 5. The minimum absolute atomic E-state index is 0.0188. The lowest BCUT2D eigenvalue weighted by Gasteiger charge is -2.33. The first kappa shape index (κ1) is 16.7. The highest BCUT2D eigenvalue weighted by molar-refractivity contribution is 5.92. The Bertz CT molecular complexity index is 814. The van der Waals surface area contributed by atoms with Crippen LogP contribution in [0.5, 0.6) is 0 Å². The van der Waals surface area contributed by atoms with Crippen molar-refractivity contribution in [3.05, 3.63) is 42.0 Å². The molecule has 8 heteroatoms. The van der Waals surface area contributed by atoms with Crippen LogP contribution in [0.15, 0.2) is 24.8 Å². The van der Waals surface area contributed by atoms with E-state index in [9.17, 15) is 9.59 Å². The van der Waals surface area contributed by atoms with Crippen LogP contribution in [0.1, 0.15) is 54.2 Å². The van der Waals surface area contributed by atoms with Crippen molar-refractivity contribution in [2.45, 2.75) is 51.2 Å². The number of carbonyl (C=O) groups is 2. The van der Waals surface area contributed by atoms with E-state index in [1.165, 1.54) is 18.8 Å². The Hall–Kier alpha value is -2.77. The average molecular weight is 354 g/mol. The molecule has 0 saturated heterocycles. The second kappa shape index (κ2) is 6.86. The molecule has 8 nitrogen and oxygen atoms in total. The van der Waals surface area contributed by atoms with Crippen LogP contribution in [0, 0.1) is 0 Å². The van der Waals surface area contributed by atoms with Crippen molar-refractivity contribution < 1.29 is 9.59 Å². The number of amides is 2. The lowest BCUT2D eigenvalue weighted by atomic mass is 9.93. The van der Waals surface area contributed by atoms with Crippen LogP contribution in [0.4, 0.5) is 0 Å². The number of fused-ring (bicyclic) bond motifs is 1. The number of carbonyl (C=O) groups excluding carboxylic acids is 2. The fourth-order valence-corrected chi connectivity index (χ4v) is 3.46. The zero-order chi connectivity index (χ0) is 18.1. The second-order valence-electron chi connectivity index (χ2n) is 6.92. The van der Waals surface area contributed by atoms with E-state index in [4.69, 9.17) is 0 Å². The quantitative estimate of drug-likeness (QED) is 0.887. The van der Waals surface area contributed by atoms with Crippen molar-refractivity contribution >= 4 is 11.8 Å². The van der Waals surface area contributed by atoms with Crippen molar-refractivity contribution in [3.63, 3.8) is 0 Å². The molecule has 1 fully saturated rings. The zero-order valence-corrected chi connectivity index (χ0v) is 14.8. The van der Waals surface area contributed by atoms with E-state index in [0.29, 0.717) is 24.8 Å². The summed E-state index contributed by atoms with van der Waals surface area (Å²) in [5, 5.41) is 3.04. The lowest BCUT2D eigenvalue weighted by molar-refractivity contribution is -0.121. The van der Waals surface area contributed by atoms with Gasteiger partial charge in [-0.15, -0.1) is 0 Å². The number of nitrogens with one attached hydrogen (secondary N) is 1. The van der Waals surface area contributed by atoms with Crippen LogP contribution in [0.25, 0.3) is 0 Å². The summed E-state index contributed by atoms with van der Waals surface area (Å²) in [6.45, 7) is 3.18. The first-order valence-electron chi connectivity index (χ1n) is 9.04. The summed E-state index contributed by atoms with van der Waals surface area (Å²) in [7, 11) is 0. The smallest absolute Gasteiger partial charge is 0.274 e. The number of hydrogen-bond acceptors (Lipinski definition) is 5. The Morgan fingerprint density at radius 3 is 2.81 bits per heavy atom. The molecule has 2 amide bonds. The highest BCUT2D eigenvalue weighted by atomic mass is 16.2. The van der Waals surface area contributed by atoms with Gasteiger partial charge in [0.25, 0.3) is 5.91 Å². The third-order valence-corrected chi connectivity index (χ3v) is 5.14. The molecule has 136 valence electrons. The van der Waals surface area contributed by atoms with E-state index in [1.54, 1.807) is 11.1 Å². The van der Waals surface area contributed by atoms with Crippen molar-refractivity contribution in [3.8, 4) is 0 Å². The third-order valence-electron chi connectivity index (χ3n) is 5.14. The molecule has 2 aliphatic rings. The average Bonchev–Trinajstić information content (AvgIpc) is 3.02. The van der Waals surface area contributed by atoms with Gasteiger partial charge < -0.3 is 14.8 Å². The van der Waals surface area contributed by atoms with Gasteiger partial charge in [0.05, 0.1) is 24.4 Å². The largest absolute Gasteiger partial charge is 0.353 e. The first-order chi connectivity index (χ1) is 12.6. The van der Waals surface area contributed by atoms with Gasteiger partial charge >= 0.3 is 0 Å². The van der Waals surface area contributed by atoms with E-state index in [0.717, 1.165) is 24.4 Å². The van der Waals surface area contributed by atoms with E-state index < -0.39 is 0 Å². The molecule has 0 aromatic carbocycles. The second-order valence-corrected chi connectivity index (χ2v) is 6.92. The molecule has 3 heterocycles. The molecule has 26 heavy (non-hydrogen) atoms. The number of aromatic nitrogens is 4. The monoisotopic (exact) mass is 354 g/mol. The van der Waals surface area contributed by atoms with E-state index in [1.807, 2.05) is 17.7 Å². The maximum atomic E-state index is 12.7. The highest BCUT2D eigenvalue weighted by Gasteiger charge is 2.31. The standard InChI is InChI=1S/C18H22N6O2/c1-12-17-22-14(9-16(25)21-13-3-2-4-13)11-23(17)7-8-24(12)18(26)15-10-19-5-6-20-15/h5-6,10-13H,2-4,7-9H2,1H3,(H,21,25)/t12-/m1/s1.